The van der Waals surface area contributed by atoms with Gasteiger partial charge in [0.25, 0.3) is 0 Å². The lowest BCUT2D eigenvalue weighted by Gasteiger charge is -2.06. The van der Waals surface area contributed by atoms with E-state index in [1.807, 2.05) is 14.0 Å². The molecule has 0 amide bonds. The van der Waals surface area contributed by atoms with E-state index in [0.29, 0.717) is 4.99 Å². The van der Waals surface area contributed by atoms with Crippen molar-refractivity contribution in [2.24, 2.45) is 12.8 Å². The molecule has 0 aliphatic heterocycles. The van der Waals surface area contributed by atoms with Gasteiger partial charge in [0.05, 0.1) is 17.0 Å². The number of aromatic nitrogens is 3. The summed E-state index contributed by atoms with van der Waals surface area (Å²) in [6.07, 6.45) is 3.44. The normalized spacial score (nSPS) is 13.6. The van der Waals surface area contributed by atoms with E-state index in [2.05, 4.69) is 15.4 Å². The molecule has 0 aromatic carbocycles. The van der Waals surface area contributed by atoms with Crippen LogP contribution in [0, 0.1) is 6.92 Å². The molecule has 0 saturated heterocycles. The van der Waals surface area contributed by atoms with Gasteiger partial charge < -0.3 is 11.1 Å². The van der Waals surface area contributed by atoms with Crippen LogP contribution in [0.4, 0.5) is 10.9 Å². The third-order valence-corrected chi connectivity index (χ3v) is 4.57. The van der Waals surface area contributed by atoms with Gasteiger partial charge in [-0.3, -0.25) is 4.68 Å². The molecule has 5 nitrogen and oxygen atoms in total. The Kier molecular flexibility index (Phi) is 3.02. The molecule has 0 fully saturated rings. The molecule has 0 saturated carbocycles. The number of rotatable bonds is 3. The summed E-state index contributed by atoms with van der Waals surface area (Å²) in [7, 11) is 1.87. The molecular formula is C12H15N5S2. The Morgan fingerprint density at radius 2 is 2.26 bits per heavy atom. The Balaban J connectivity index is 1.96. The fourth-order valence-corrected chi connectivity index (χ4v) is 3.73. The predicted octanol–water partition coefficient (Wildman–Crippen LogP) is 2.05. The Morgan fingerprint density at radius 3 is 2.95 bits per heavy atom. The number of thiocarbonyl (C=S) groups is 1. The van der Waals surface area contributed by atoms with Crippen LogP contribution in [-0.4, -0.2) is 19.8 Å². The highest BCUT2D eigenvalue weighted by Crippen LogP contribution is 2.33. The second-order valence-electron chi connectivity index (χ2n) is 4.66. The number of hydrogen-bond acceptors (Lipinski definition) is 5. The first-order chi connectivity index (χ1) is 9.06. The summed E-state index contributed by atoms with van der Waals surface area (Å²) in [6, 6.07) is 0. The van der Waals surface area contributed by atoms with Gasteiger partial charge in [0.1, 0.15) is 10.8 Å². The van der Waals surface area contributed by atoms with Gasteiger partial charge in [-0.05, 0) is 26.2 Å². The Labute approximate surface area is 120 Å². The molecule has 2 heterocycles. The zero-order chi connectivity index (χ0) is 13.6. The summed E-state index contributed by atoms with van der Waals surface area (Å²) in [5.74, 6) is 0.817. The van der Waals surface area contributed by atoms with E-state index in [4.69, 9.17) is 18.0 Å². The molecule has 0 bridgehead atoms. The minimum Gasteiger partial charge on any atom is -0.389 e. The van der Waals surface area contributed by atoms with E-state index in [-0.39, 0.29) is 0 Å². The third-order valence-electron chi connectivity index (χ3n) is 3.29. The zero-order valence-electron chi connectivity index (χ0n) is 10.9. The topological polar surface area (TPSA) is 68.8 Å². The van der Waals surface area contributed by atoms with Crippen LogP contribution in [0.15, 0.2) is 0 Å². The Morgan fingerprint density at radius 1 is 1.47 bits per heavy atom. The van der Waals surface area contributed by atoms with E-state index < -0.39 is 0 Å². The number of nitrogens with two attached hydrogens (primary N) is 1. The van der Waals surface area contributed by atoms with E-state index in [1.165, 1.54) is 17.0 Å². The van der Waals surface area contributed by atoms with Gasteiger partial charge in [-0.2, -0.15) is 5.10 Å². The molecule has 0 unspecified atom stereocenters. The summed E-state index contributed by atoms with van der Waals surface area (Å²) in [6.45, 7) is 1.90. The van der Waals surface area contributed by atoms with Crippen LogP contribution in [0.25, 0.3) is 0 Å². The van der Waals surface area contributed by atoms with Crippen molar-refractivity contribution < 1.29 is 0 Å². The molecule has 0 radical (unpaired) electrons. The second kappa shape index (κ2) is 4.57. The average Bonchev–Trinajstić information content (AvgIpc) is 2.93. The molecule has 2 aromatic heterocycles. The lowest BCUT2D eigenvalue weighted by atomic mass is 10.2. The fourth-order valence-electron chi connectivity index (χ4n) is 2.44. The van der Waals surface area contributed by atoms with Gasteiger partial charge in [-0.15, -0.1) is 11.3 Å². The Bertz CT molecular complexity index is 634. The molecule has 19 heavy (non-hydrogen) atoms. The maximum Gasteiger partial charge on any atom is 0.188 e. The monoisotopic (exact) mass is 293 g/mol. The lowest BCUT2D eigenvalue weighted by molar-refractivity contribution is 0.764. The molecular weight excluding hydrogens is 278 g/mol. The van der Waals surface area contributed by atoms with Crippen molar-refractivity contribution >= 4 is 39.5 Å². The van der Waals surface area contributed by atoms with Gasteiger partial charge in [-0.25, -0.2) is 4.98 Å². The van der Waals surface area contributed by atoms with E-state index in [0.717, 1.165) is 35.0 Å². The average molecular weight is 293 g/mol. The molecule has 1 aliphatic carbocycles. The van der Waals surface area contributed by atoms with Gasteiger partial charge >= 0.3 is 0 Å². The minimum atomic E-state index is 0.359. The largest absolute Gasteiger partial charge is 0.389 e. The number of thiazole rings is 1. The smallest absolute Gasteiger partial charge is 0.188 e. The number of nitrogens with zero attached hydrogens (tertiary/aromatic N) is 3. The first-order valence-electron chi connectivity index (χ1n) is 6.15. The van der Waals surface area contributed by atoms with Crippen molar-refractivity contribution in [2.75, 3.05) is 5.32 Å². The molecule has 2 aromatic rings. The number of anilines is 2. The van der Waals surface area contributed by atoms with Gasteiger partial charge in [0.2, 0.25) is 0 Å². The highest BCUT2D eigenvalue weighted by atomic mass is 32.1. The van der Waals surface area contributed by atoms with Crippen molar-refractivity contribution in [1.82, 2.24) is 14.8 Å². The first-order valence-corrected chi connectivity index (χ1v) is 7.37. The standard InChI is InChI=1S/C12H15N5S2/c1-6-9(10(13)18)11(17(2)16-6)15-12-14-7-4-3-5-8(7)19-12/h3-5H2,1-2H3,(H2,13,18)(H,14,15). The number of nitrogens with one attached hydrogen (secondary N) is 1. The molecule has 3 N–H and O–H groups in total. The zero-order valence-corrected chi connectivity index (χ0v) is 12.5. The van der Waals surface area contributed by atoms with Crippen molar-refractivity contribution in [2.45, 2.75) is 26.2 Å². The van der Waals surface area contributed by atoms with Crippen LogP contribution in [0.5, 0.6) is 0 Å². The van der Waals surface area contributed by atoms with E-state index in [9.17, 15) is 0 Å². The molecule has 0 atom stereocenters. The van der Waals surface area contributed by atoms with Crippen molar-refractivity contribution in [3.63, 3.8) is 0 Å². The molecule has 3 rings (SSSR count). The van der Waals surface area contributed by atoms with Crippen LogP contribution in [0.2, 0.25) is 0 Å². The first kappa shape index (κ1) is 12.6. The maximum atomic E-state index is 5.78. The van der Waals surface area contributed by atoms with Gasteiger partial charge in [0, 0.05) is 11.9 Å². The fraction of sp³-hybridized carbons (Fsp3) is 0.417. The molecule has 100 valence electrons. The van der Waals surface area contributed by atoms with Crippen LogP contribution in [0.3, 0.4) is 0 Å². The molecule has 1 aliphatic rings. The minimum absolute atomic E-state index is 0.359. The van der Waals surface area contributed by atoms with E-state index >= 15 is 0 Å². The number of aryl methyl sites for hydroxylation is 4. The predicted molar refractivity (Wildman–Crippen MR) is 81.3 cm³/mol. The van der Waals surface area contributed by atoms with Crippen LogP contribution < -0.4 is 11.1 Å². The summed E-state index contributed by atoms with van der Waals surface area (Å²) in [5.41, 5.74) is 8.63. The Hall–Kier alpha value is -1.47. The van der Waals surface area contributed by atoms with Crippen LogP contribution >= 0.6 is 23.6 Å². The second-order valence-corrected chi connectivity index (χ2v) is 6.19. The summed E-state index contributed by atoms with van der Waals surface area (Å²) in [5, 5.41) is 8.56. The SMILES string of the molecule is Cc1nn(C)c(Nc2nc3c(s2)CCC3)c1C(N)=S. The number of hydrogen-bond donors (Lipinski definition) is 2. The lowest BCUT2D eigenvalue weighted by Crippen LogP contribution is -2.12. The van der Waals surface area contributed by atoms with E-state index in [1.54, 1.807) is 16.0 Å². The maximum absolute atomic E-state index is 5.78. The van der Waals surface area contributed by atoms with Crippen molar-refractivity contribution in [1.29, 1.82) is 0 Å². The molecule has 0 spiro atoms. The highest BCUT2D eigenvalue weighted by molar-refractivity contribution is 7.80. The van der Waals surface area contributed by atoms with Gasteiger partial charge in [-0.1, -0.05) is 12.2 Å². The van der Waals surface area contributed by atoms with Crippen molar-refractivity contribution in [3.8, 4) is 0 Å². The highest BCUT2D eigenvalue weighted by Gasteiger charge is 2.20. The van der Waals surface area contributed by atoms with Crippen molar-refractivity contribution in [3.05, 3.63) is 21.8 Å². The van der Waals surface area contributed by atoms with Crippen LogP contribution in [0.1, 0.15) is 28.2 Å². The molecule has 7 heteroatoms. The summed E-state index contributed by atoms with van der Waals surface area (Å²) in [4.78, 5) is 6.36. The summed E-state index contributed by atoms with van der Waals surface area (Å²) >= 11 is 6.81. The van der Waals surface area contributed by atoms with Crippen LogP contribution in [-0.2, 0) is 19.9 Å². The quantitative estimate of drug-likeness (QED) is 0.848. The number of fused-ring (bicyclic) bond motifs is 1. The van der Waals surface area contributed by atoms with Gasteiger partial charge in [0.15, 0.2) is 5.13 Å². The summed E-state index contributed by atoms with van der Waals surface area (Å²) < 4.78 is 1.76. The third kappa shape index (κ3) is 2.12.